The summed E-state index contributed by atoms with van der Waals surface area (Å²) in [6, 6.07) is 7.97. The first-order valence-electron chi connectivity index (χ1n) is 4.38. The Bertz CT molecular complexity index is 448. The lowest BCUT2D eigenvalue weighted by atomic mass is 10.2. The van der Waals surface area contributed by atoms with E-state index in [0.717, 1.165) is 5.69 Å². The Labute approximate surface area is 91.0 Å². The van der Waals surface area contributed by atoms with E-state index in [1.165, 1.54) is 23.5 Å². The van der Waals surface area contributed by atoms with Gasteiger partial charge >= 0.3 is 0 Å². The maximum absolute atomic E-state index is 11.6. The molecule has 0 aliphatic rings. The van der Waals surface area contributed by atoms with Gasteiger partial charge in [-0.3, -0.25) is 4.79 Å². The number of hydrogen-bond donors (Lipinski definition) is 2. The van der Waals surface area contributed by atoms with Gasteiger partial charge in [0.15, 0.2) is 0 Å². The van der Waals surface area contributed by atoms with Crippen LogP contribution < -0.4 is 5.32 Å². The number of phenolic OH excluding ortho intramolecular Hbond substituents is 1. The van der Waals surface area contributed by atoms with Crippen LogP contribution in [0.1, 0.15) is 10.4 Å². The van der Waals surface area contributed by atoms with Crippen LogP contribution in [0, 0.1) is 0 Å². The minimum atomic E-state index is -0.173. The van der Waals surface area contributed by atoms with Gasteiger partial charge in [0.25, 0.3) is 5.91 Å². The fourth-order valence-electron chi connectivity index (χ4n) is 1.15. The van der Waals surface area contributed by atoms with Gasteiger partial charge in [-0.2, -0.15) is 11.3 Å². The van der Waals surface area contributed by atoms with Gasteiger partial charge in [0, 0.05) is 10.9 Å². The second-order valence-electron chi connectivity index (χ2n) is 3.01. The number of benzene rings is 1. The van der Waals surface area contributed by atoms with Gasteiger partial charge in [-0.05, 0) is 35.7 Å². The first kappa shape index (κ1) is 9.73. The van der Waals surface area contributed by atoms with E-state index in [4.69, 9.17) is 5.11 Å². The number of anilines is 1. The smallest absolute Gasteiger partial charge is 0.255 e. The van der Waals surface area contributed by atoms with Crippen molar-refractivity contribution in [2.24, 2.45) is 0 Å². The Morgan fingerprint density at radius 2 is 1.93 bits per heavy atom. The van der Waals surface area contributed by atoms with E-state index in [9.17, 15) is 4.79 Å². The number of carbonyl (C=O) groups excluding carboxylic acids is 1. The molecule has 0 spiro atoms. The second kappa shape index (κ2) is 4.14. The Balaban J connectivity index is 2.11. The number of hydrogen-bond acceptors (Lipinski definition) is 3. The summed E-state index contributed by atoms with van der Waals surface area (Å²) in [5.74, 6) is -0.0181. The molecule has 0 unspecified atom stereocenters. The molecule has 0 aliphatic carbocycles. The van der Waals surface area contributed by atoms with Gasteiger partial charge in [0.05, 0.1) is 5.69 Å². The predicted octanol–water partition coefficient (Wildman–Crippen LogP) is 2.71. The van der Waals surface area contributed by atoms with Crippen molar-refractivity contribution in [1.82, 2.24) is 0 Å². The summed E-state index contributed by atoms with van der Waals surface area (Å²) < 4.78 is 0. The summed E-state index contributed by atoms with van der Waals surface area (Å²) >= 11 is 1.52. The third-order valence-corrected chi connectivity index (χ3v) is 2.59. The number of nitrogens with one attached hydrogen (secondary N) is 1. The quantitative estimate of drug-likeness (QED) is 0.815. The molecule has 0 bridgehead atoms. The molecule has 2 aromatic rings. The van der Waals surface area contributed by atoms with E-state index in [1.54, 1.807) is 12.1 Å². The molecule has 0 radical (unpaired) electrons. The van der Waals surface area contributed by atoms with E-state index in [2.05, 4.69) is 5.32 Å². The highest BCUT2D eigenvalue weighted by Crippen LogP contribution is 2.15. The molecule has 1 aromatic carbocycles. The zero-order chi connectivity index (χ0) is 10.7. The summed E-state index contributed by atoms with van der Waals surface area (Å²) in [6.45, 7) is 0. The van der Waals surface area contributed by atoms with Crippen LogP contribution in [0.5, 0.6) is 5.75 Å². The summed E-state index contributed by atoms with van der Waals surface area (Å²) in [4.78, 5) is 11.6. The molecule has 4 heteroatoms. The molecular formula is C11H9NO2S. The summed E-state index contributed by atoms with van der Waals surface area (Å²) in [5.41, 5.74) is 1.32. The Morgan fingerprint density at radius 3 is 2.53 bits per heavy atom. The SMILES string of the molecule is O=C(Nc1ccsc1)c1ccc(O)cc1. The minimum Gasteiger partial charge on any atom is -0.508 e. The minimum absolute atomic E-state index is 0.155. The Kier molecular flexibility index (Phi) is 2.69. The van der Waals surface area contributed by atoms with Crippen molar-refractivity contribution in [3.8, 4) is 5.75 Å². The Morgan fingerprint density at radius 1 is 1.20 bits per heavy atom. The van der Waals surface area contributed by atoms with E-state index in [-0.39, 0.29) is 11.7 Å². The predicted molar refractivity (Wildman–Crippen MR) is 60.4 cm³/mol. The highest BCUT2D eigenvalue weighted by molar-refractivity contribution is 7.08. The third-order valence-electron chi connectivity index (χ3n) is 1.91. The van der Waals surface area contributed by atoms with Crippen molar-refractivity contribution in [2.75, 3.05) is 5.32 Å². The molecular weight excluding hydrogens is 210 g/mol. The maximum Gasteiger partial charge on any atom is 0.255 e. The van der Waals surface area contributed by atoms with Crippen LogP contribution in [0.3, 0.4) is 0 Å². The first-order chi connectivity index (χ1) is 7.25. The fraction of sp³-hybridized carbons (Fsp3) is 0. The molecule has 2 N–H and O–H groups in total. The monoisotopic (exact) mass is 219 g/mol. The van der Waals surface area contributed by atoms with Crippen molar-refractivity contribution in [3.05, 3.63) is 46.7 Å². The van der Waals surface area contributed by atoms with Gasteiger partial charge in [0.1, 0.15) is 5.75 Å². The largest absolute Gasteiger partial charge is 0.508 e. The van der Waals surface area contributed by atoms with Crippen LogP contribution >= 0.6 is 11.3 Å². The average molecular weight is 219 g/mol. The summed E-state index contributed by atoms with van der Waals surface area (Å²) in [6.07, 6.45) is 0. The molecule has 0 saturated heterocycles. The normalized spacial score (nSPS) is 9.87. The third kappa shape index (κ3) is 2.35. The first-order valence-corrected chi connectivity index (χ1v) is 5.32. The zero-order valence-corrected chi connectivity index (χ0v) is 8.62. The lowest BCUT2D eigenvalue weighted by Crippen LogP contribution is -2.10. The molecule has 0 saturated carbocycles. The van der Waals surface area contributed by atoms with E-state index < -0.39 is 0 Å². The van der Waals surface area contributed by atoms with Crippen molar-refractivity contribution < 1.29 is 9.90 Å². The van der Waals surface area contributed by atoms with Gasteiger partial charge in [-0.15, -0.1) is 0 Å². The number of thiophene rings is 1. The number of aromatic hydroxyl groups is 1. The molecule has 0 fully saturated rings. The number of rotatable bonds is 2. The van der Waals surface area contributed by atoms with Crippen LogP contribution in [0.2, 0.25) is 0 Å². The van der Waals surface area contributed by atoms with Gasteiger partial charge < -0.3 is 10.4 Å². The molecule has 76 valence electrons. The number of carbonyl (C=O) groups is 1. The van der Waals surface area contributed by atoms with Gasteiger partial charge in [-0.1, -0.05) is 0 Å². The van der Waals surface area contributed by atoms with Crippen molar-refractivity contribution in [2.45, 2.75) is 0 Å². The number of amides is 1. The highest BCUT2D eigenvalue weighted by atomic mass is 32.1. The van der Waals surface area contributed by atoms with Crippen LogP contribution in [0.4, 0.5) is 5.69 Å². The molecule has 1 aromatic heterocycles. The standard InChI is InChI=1S/C11H9NO2S/c13-10-3-1-8(2-4-10)11(14)12-9-5-6-15-7-9/h1-7,13H,(H,12,14). The van der Waals surface area contributed by atoms with Crippen LogP contribution in [0.25, 0.3) is 0 Å². The lowest BCUT2D eigenvalue weighted by Gasteiger charge is -2.02. The van der Waals surface area contributed by atoms with Crippen LogP contribution in [-0.2, 0) is 0 Å². The van der Waals surface area contributed by atoms with E-state index in [0.29, 0.717) is 5.56 Å². The maximum atomic E-state index is 11.6. The van der Waals surface area contributed by atoms with Crippen molar-refractivity contribution in [3.63, 3.8) is 0 Å². The molecule has 0 atom stereocenters. The van der Waals surface area contributed by atoms with Crippen molar-refractivity contribution in [1.29, 1.82) is 0 Å². The second-order valence-corrected chi connectivity index (χ2v) is 3.79. The molecule has 1 heterocycles. The van der Waals surface area contributed by atoms with Crippen LogP contribution in [0.15, 0.2) is 41.1 Å². The van der Waals surface area contributed by atoms with Gasteiger partial charge in [-0.25, -0.2) is 0 Å². The average Bonchev–Trinajstić information content (AvgIpc) is 2.71. The van der Waals surface area contributed by atoms with Crippen molar-refractivity contribution >= 4 is 22.9 Å². The van der Waals surface area contributed by atoms with E-state index in [1.807, 2.05) is 16.8 Å². The fourth-order valence-corrected chi connectivity index (χ4v) is 1.74. The number of phenols is 1. The Hall–Kier alpha value is -1.81. The van der Waals surface area contributed by atoms with E-state index >= 15 is 0 Å². The zero-order valence-electron chi connectivity index (χ0n) is 7.81. The molecule has 3 nitrogen and oxygen atoms in total. The molecule has 0 aliphatic heterocycles. The summed E-state index contributed by atoms with van der Waals surface area (Å²) in [7, 11) is 0. The molecule has 15 heavy (non-hydrogen) atoms. The van der Waals surface area contributed by atoms with Crippen LogP contribution in [-0.4, -0.2) is 11.0 Å². The molecule has 1 amide bonds. The van der Waals surface area contributed by atoms with Gasteiger partial charge in [0.2, 0.25) is 0 Å². The molecule has 2 rings (SSSR count). The summed E-state index contributed by atoms with van der Waals surface area (Å²) in [5, 5.41) is 15.6. The lowest BCUT2D eigenvalue weighted by molar-refractivity contribution is 0.102. The topological polar surface area (TPSA) is 49.3 Å². The highest BCUT2D eigenvalue weighted by Gasteiger charge is 2.05.